The Kier molecular flexibility index (Phi) is 6.15. The third kappa shape index (κ3) is 4.31. The number of phenols is 1. The van der Waals surface area contributed by atoms with E-state index in [2.05, 4.69) is 40.0 Å². The summed E-state index contributed by atoms with van der Waals surface area (Å²) in [4.78, 5) is 14.0. The third-order valence-electron chi connectivity index (χ3n) is 2.82. The van der Waals surface area contributed by atoms with Crippen LogP contribution in [-0.2, 0) is 0 Å². The number of nitrogens with one attached hydrogen (secondary N) is 1. The number of aromatic hydroxyl groups is 1. The standard InChI is InChI=1S/C13H19BrN2O2/c1-3-16(4-2)8-7-15-13(18)10-5-6-11(14)12(17)9-10/h5-6,9,17H,3-4,7-8H2,1-2H3,(H,15,18). The number of phenolic OH excluding ortho intramolecular Hbond substituents is 1. The highest BCUT2D eigenvalue weighted by molar-refractivity contribution is 9.10. The number of hydrogen-bond acceptors (Lipinski definition) is 3. The molecule has 0 saturated heterocycles. The van der Waals surface area contributed by atoms with Crippen molar-refractivity contribution in [1.29, 1.82) is 0 Å². The van der Waals surface area contributed by atoms with Crippen LogP contribution >= 0.6 is 15.9 Å². The van der Waals surface area contributed by atoms with Crippen LogP contribution in [0.1, 0.15) is 24.2 Å². The molecular weight excluding hydrogens is 296 g/mol. The molecule has 18 heavy (non-hydrogen) atoms. The molecule has 5 heteroatoms. The van der Waals surface area contributed by atoms with Gasteiger partial charge in [-0.15, -0.1) is 0 Å². The zero-order valence-electron chi connectivity index (χ0n) is 10.7. The molecule has 0 unspecified atom stereocenters. The van der Waals surface area contributed by atoms with Crippen LogP contribution in [0.25, 0.3) is 0 Å². The summed E-state index contributed by atoms with van der Waals surface area (Å²) in [6.45, 7) is 7.59. The predicted octanol–water partition coefficient (Wildman–Crippen LogP) is 2.23. The second-order valence-corrected chi connectivity index (χ2v) is 4.80. The molecule has 1 rings (SSSR count). The highest BCUT2D eigenvalue weighted by Gasteiger charge is 2.08. The number of carbonyl (C=O) groups excluding carboxylic acids is 1. The molecule has 0 aliphatic rings. The Morgan fingerprint density at radius 1 is 1.39 bits per heavy atom. The van der Waals surface area contributed by atoms with Gasteiger partial charge in [-0.2, -0.15) is 0 Å². The van der Waals surface area contributed by atoms with Gasteiger partial charge in [-0.25, -0.2) is 0 Å². The number of carbonyl (C=O) groups is 1. The molecule has 1 aromatic rings. The van der Waals surface area contributed by atoms with E-state index >= 15 is 0 Å². The van der Waals surface area contributed by atoms with Crippen molar-refractivity contribution in [2.24, 2.45) is 0 Å². The first kappa shape index (κ1) is 15.0. The van der Waals surface area contributed by atoms with E-state index < -0.39 is 0 Å². The summed E-state index contributed by atoms with van der Waals surface area (Å²) in [6, 6.07) is 4.79. The predicted molar refractivity (Wildman–Crippen MR) is 75.9 cm³/mol. The summed E-state index contributed by atoms with van der Waals surface area (Å²) in [5, 5.41) is 12.3. The van der Waals surface area contributed by atoms with Crippen LogP contribution in [0, 0.1) is 0 Å². The van der Waals surface area contributed by atoms with Crippen LogP contribution in [0.2, 0.25) is 0 Å². The van der Waals surface area contributed by atoms with Gasteiger partial charge in [0.25, 0.3) is 5.91 Å². The van der Waals surface area contributed by atoms with Gasteiger partial charge >= 0.3 is 0 Å². The van der Waals surface area contributed by atoms with Crippen molar-refractivity contribution in [3.05, 3.63) is 28.2 Å². The molecule has 0 fully saturated rings. The Labute approximate surface area is 116 Å². The molecule has 0 heterocycles. The minimum absolute atomic E-state index is 0.0754. The van der Waals surface area contributed by atoms with Gasteiger partial charge in [-0.1, -0.05) is 13.8 Å². The van der Waals surface area contributed by atoms with Crippen molar-refractivity contribution < 1.29 is 9.90 Å². The van der Waals surface area contributed by atoms with Crippen LogP contribution in [0.4, 0.5) is 0 Å². The van der Waals surface area contributed by atoms with E-state index in [0.717, 1.165) is 19.6 Å². The van der Waals surface area contributed by atoms with Crippen molar-refractivity contribution in [3.8, 4) is 5.75 Å². The van der Waals surface area contributed by atoms with Crippen LogP contribution in [0.15, 0.2) is 22.7 Å². The molecule has 2 N–H and O–H groups in total. The van der Waals surface area contributed by atoms with Gasteiger partial charge in [0.1, 0.15) is 5.75 Å². The molecule has 0 spiro atoms. The van der Waals surface area contributed by atoms with Crippen molar-refractivity contribution in [2.75, 3.05) is 26.2 Å². The zero-order chi connectivity index (χ0) is 13.5. The lowest BCUT2D eigenvalue weighted by Gasteiger charge is -2.17. The highest BCUT2D eigenvalue weighted by atomic mass is 79.9. The van der Waals surface area contributed by atoms with Gasteiger partial charge in [0.15, 0.2) is 0 Å². The normalized spacial score (nSPS) is 10.7. The number of halogens is 1. The third-order valence-corrected chi connectivity index (χ3v) is 3.49. The Morgan fingerprint density at radius 3 is 2.61 bits per heavy atom. The summed E-state index contributed by atoms with van der Waals surface area (Å²) < 4.78 is 0.585. The Bertz CT molecular complexity index is 406. The number of rotatable bonds is 6. The van der Waals surface area contributed by atoms with E-state index in [-0.39, 0.29) is 11.7 Å². The summed E-state index contributed by atoms with van der Waals surface area (Å²) in [6.07, 6.45) is 0. The maximum Gasteiger partial charge on any atom is 0.251 e. The number of amides is 1. The largest absolute Gasteiger partial charge is 0.507 e. The van der Waals surface area contributed by atoms with Crippen molar-refractivity contribution in [2.45, 2.75) is 13.8 Å². The van der Waals surface area contributed by atoms with Gasteiger partial charge in [-0.05, 0) is 47.2 Å². The molecule has 0 aliphatic heterocycles. The monoisotopic (exact) mass is 314 g/mol. The quantitative estimate of drug-likeness (QED) is 0.846. The Hall–Kier alpha value is -1.07. The van der Waals surface area contributed by atoms with Crippen molar-refractivity contribution in [3.63, 3.8) is 0 Å². The highest BCUT2D eigenvalue weighted by Crippen LogP contribution is 2.24. The number of benzene rings is 1. The first-order chi connectivity index (χ1) is 8.58. The fraction of sp³-hybridized carbons (Fsp3) is 0.462. The van der Waals surface area contributed by atoms with E-state index in [1.54, 1.807) is 12.1 Å². The fourth-order valence-corrected chi connectivity index (χ4v) is 1.87. The van der Waals surface area contributed by atoms with E-state index in [1.807, 2.05) is 0 Å². The molecule has 1 amide bonds. The summed E-state index contributed by atoms with van der Waals surface area (Å²) in [5.41, 5.74) is 0.468. The first-order valence-corrected chi connectivity index (χ1v) is 6.86. The molecule has 0 radical (unpaired) electrons. The summed E-state index contributed by atoms with van der Waals surface area (Å²) >= 11 is 3.18. The molecule has 4 nitrogen and oxygen atoms in total. The minimum Gasteiger partial charge on any atom is -0.507 e. The average molecular weight is 315 g/mol. The molecule has 1 aromatic carbocycles. The lowest BCUT2D eigenvalue weighted by atomic mass is 10.2. The van der Waals surface area contributed by atoms with Crippen LogP contribution < -0.4 is 5.32 Å². The summed E-state index contributed by atoms with van der Waals surface area (Å²) in [5.74, 6) is -0.0867. The van der Waals surface area contributed by atoms with Gasteiger partial charge < -0.3 is 15.3 Å². The molecule has 100 valence electrons. The van der Waals surface area contributed by atoms with E-state index in [0.29, 0.717) is 16.6 Å². The average Bonchev–Trinajstić information content (AvgIpc) is 2.37. The van der Waals surface area contributed by atoms with E-state index in [1.165, 1.54) is 6.07 Å². The van der Waals surface area contributed by atoms with Gasteiger partial charge in [0, 0.05) is 18.7 Å². The number of nitrogens with zero attached hydrogens (tertiary/aromatic N) is 1. The lowest BCUT2D eigenvalue weighted by Crippen LogP contribution is -2.34. The Balaban J connectivity index is 2.48. The van der Waals surface area contributed by atoms with Crippen LogP contribution in [0.3, 0.4) is 0 Å². The molecular formula is C13H19BrN2O2. The maximum absolute atomic E-state index is 11.8. The first-order valence-electron chi connectivity index (χ1n) is 6.07. The maximum atomic E-state index is 11.8. The molecule has 0 atom stereocenters. The molecule has 0 aliphatic carbocycles. The van der Waals surface area contributed by atoms with Crippen LogP contribution in [0.5, 0.6) is 5.75 Å². The topological polar surface area (TPSA) is 52.6 Å². The van der Waals surface area contributed by atoms with Crippen molar-refractivity contribution >= 4 is 21.8 Å². The van der Waals surface area contributed by atoms with Gasteiger partial charge in [0.05, 0.1) is 4.47 Å². The van der Waals surface area contributed by atoms with Crippen LogP contribution in [-0.4, -0.2) is 42.1 Å². The zero-order valence-corrected chi connectivity index (χ0v) is 12.3. The minimum atomic E-state index is -0.162. The number of hydrogen-bond donors (Lipinski definition) is 2. The molecule has 0 aromatic heterocycles. The second kappa shape index (κ2) is 7.38. The Morgan fingerprint density at radius 2 is 2.06 bits per heavy atom. The lowest BCUT2D eigenvalue weighted by molar-refractivity contribution is 0.0948. The van der Waals surface area contributed by atoms with E-state index in [9.17, 15) is 9.90 Å². The van der Waals surface area contributed by atoms with Gasteiger partial charge in [-0.3, -0.25) is 4.79 Å². The molecule has 0 bridgehead atoms. The molecule has 0 saturated carbocycles. The van der Waals surface area contributed by atoms with Crippen molar-refractivity contribution in [1.82, 2.24) is 10.2 Å². The summed E-state index contributed by atoms with van der Waals surface area (Å²) in [7, 11) is 0. The smallest absolute Gasteiger partial charge is 0.251 e. The SMILES string of the molecule is CCN(CC)CCNC(=O)c1ccc(Br)c(O)c1. The van der Waals surface area contributed by atoms with E-state index in [4.69, 9.17) is 0 Å². The van der Waals surface area contributed by atoms with Gasteiger partial charge in [0.2, 0.25) is 0 Å². The second-order valence-electron chi connectivity index (χ2n) is 3.95. The number of likely N-dealkylation sites (N-methyl/N-ethyl adjacent to an activating group) is 1. The fourth-order valence-electron chi connectivity index (χ4n) is 1.62.